The Hall–Kier alpha value is -2.73. The van der Waals surface area contributed by atoms with Crippen LogP contribution in [-0.2, 0) is 4.52 Å². The molecule has 2 heteroatoms. The molecule has 0 saturated heterocycles. The van der Waals surface area contributed by atoms with Crippen LogP contribution in [0.15, 0.2) is 109 Å². The molecule has 4 aromatic carbocycles. The van der Waals surface area contributed by atoms with Crippen molar-refractivity contribution in [2.24, 2.45) is 0 Å². The van der Waals surface area contributed by atoms with Crippen molar-refractivity contribution in [2.75, 3.05) is 7.11 Å². The molecule has 0 aliphatic rings. The topological polar surface area (TPSA) is 9.23 Å². The van der Waals surface area contributed by atoms with E-state index in [2.05, 4.69) is 97.1 Å². The number of rotatable bonds is 5. The Morgan fingerprint density at radius 1 is 0.519 bits per heavy atom. The fraction of sp³-hybridized carbons (Fsp3) is 0.0400. The van der Waals surface area contributed by atoms with Crippen molar-refractivity contribution < 1.29 is 4.52 Å². The van der Waals surface area contributed by atoms with E-state index in [9.17, 15) is 0 Å². The molecule has 27 heavy (non-hydrogen) atoms. The van der Waals surface area contributed by atoms with Crippen LogP contribution in [0.4, 0.5) is 0 Å². The lowest BCUT2D eigenvalue weighted by atomic mass is 10.0. The predicted molar refractivity (Wildman–Crippen MR) is 117 cm³/mol. The van der Waals surface area contributed by atoms with Crippen molar-refractivity contribution in [3.63, 3.8) is 0 Å². The summed E-state index contributed by atoms with van der Waals surface area (Å²) >= 11 is 0. The van der Waals surface area contributed by atoms with Gasteiger partial charge in [0.15, 0.2) is 0 Å². The van der Waals surface area contributed by atoms with Gasteiger partial charge in [0, 0.05) is 17.7 Å². The van der Waals surface area contributed by atoms with Crippen molar-refractivity contribution in [3.8, 4) is 22.3 Å². The average Bonchev–Trinajstić information content (AvgIpc) is 2.76. The number of hydrogen-bond acceptors (Lipinski definition) is 1. The first kappa shape index (κ1) is 17.7. The molecule has 1 atom stereocenters. The van der Waals surface area contributed by atoms with Crippen LogP contribution in [-0.4, -0.2) is 7.11 Å². The molecule has 4 aromatic rings. The fourth-order valence-electron chi connectivity index (χ4n) is 3.27. The van der Waals surface area contributed by atoms with Gasteiger partial charge in [-0.2, -0.15) is 0 Å². The molecule has 1 nitrogen and oxygen atoms in total. The van der Waals surface area contributed by atoms with Crippen molar-refractivity contribution in [2.45, 2.75) is 0 Å². The summed E-state index contributed by atoms with van der Waals surface area (Å²) in [5.41, 5.74) is 4.91. The van der Waals surface area contributed by atoms with Crippen LogP contribution in [0.25, 0.3) is 22.3 Å². The molecule has 1 unspecified atom stereocenters. The average molecular weight is 368 g/mol. The van der Waals surface area contributed by atoms with Crippen molar-refractivity contribution in [1.82, 2.24) is 0 Å². The van der Waals surface area contributed by atoms with Gasteiger partial charge in [0.2, 0.25) is 0 Å². The highest BCUT2D eigenvalue weighted by Crippen LogP contribution is 2.38. The third-order valence-electron chi connectivity index (χ3n) is 4.60. The molecule has 0 aliphatic heterocycles. The van der Waals surface area contributed by atoms with Gasteiger partial charge in [0.1, 0.15) is 0 Å². The standard InChI is InChI=1S/C25H21OP/c1-26-27(23-12-6-3-7-13-23)25-15-9-8-14-24(25)22-18-16-21(17-19-22)20-10-4-2-5-11-20/h2-19H,1H3. The first-order chi connectivity index (χ1) is 13.4. The Labute approximate surface area is 162 Å². The fourth-order valence-corrected chi connectivity index (χ4v) is 5.05. The van der Waals surface area contributed by atoms with E-state index >= 15 is 0 Å². The molecular weight excluding hydrogens is 347 g/mol. The van der Waals surface area contributed by atoms with E-state index in [1.54, 1.807) is 7.11 Å². The minimum atomic E-state index is -0.845. The monoisotopic (exact) mass is 368 g/mol. The van der Waals surface area contributed by atoms with E-state index in [4.69, 9.17) is 4.52 Å². The summed E-state index contributed by atoms with van der Waals surface area (Å²) in [4.78, 5) is 0. The molecule has 0 heterocycles. The maximum Gasteiger partial charge on any atom is 0.0919 e. The van der Waals surface area contributed by atoms with E-state index in [0.29, 0.717) is 0 Å². The van der Waals surface area contributed by atoms with Gasteiger partial charge in [0.05, 0.1) is 8.15 Å². The molecule has 0 aliphatic carbocycles. The highest BCUT2D eigenvalue weighted by molar-refractivity contribution is 7.68. The van der Waals surface area contributed by atoms with E-state index in [1.807, 2.05) is 12.1 Å². The van der Waals surface area contributed by atoms with Crippen LogP contribution < -0.4 is 10.6 Å². The molecule has 0 fully saturated rings. The predicted octanol–water partition coefficient (Wildman–Crippen LogP) is 6.01. The summed E-state index contributed by atoms with van der Waals surface area (Å²) in [6.45, 7) is 0. The molecule has 132 valence electrons. The van der Waals surface area contributed by atoms with Gasteiger partial charge in [0.25, 0.3) is 0 Å². The van der Waals surface area contributed by atoms with Gasteiger partial charge in [-0.1, -0.05) is 109 Å². The zero-order chi connectivity index (χ0) is 18.5. The summed E-state index contributed by atoms with van der Waals surface area (Å²) in [5, 5.41) is 2.47. The van der Waals surface area contributed by atoms with Crippen LogP contribution in [0, 0.1) is 0 Å². The second-order valence-corrected chi connectivity index (χ2v) is 8.23. The van der Waals surface area contributed by atoms with E-state index in [1.165, 1.54) is 32.9 Å². The first-order valence-corrected chi connectivity index (χ1v) is 10.3. The minimum absolute atomic E-state index is 0.845. The molecule has 0 amide bonds. The smallest absolute Gasteiger partial charge is 0.0919 e. The molecular formula is C25H21OP. The zero-order valence-corrected chi connectivity index (χ0v) is 16.1. The molecule has 0 saturated carbocycles. The summed E-state index contributed by atoms with van der Waals surface area (Å²) < 4.78 is 5.94. The summed E-state index contributed by atoms with van der Waals surface area (Å²) in [7, 11) is 0.955. The lowest BCUT2D eigenvalue weighted by molar-refractivity contribution is 0.474. The SMILES string of the molecule is COP(c1ccccc1)c1ccccc1-c1ccc(-c2ccccc2)cc1. The van der Waals surface area contributed by atoms with Gasteiger partial charge in [-0.05, 0) is 22.3 Å². The van der Waals surface area contributed by atoms with E-state index in [0.717, 1.165) is 0 Å². The van der Waals surface area contributed by atoms with Gasteiger partial charge in [-0.15, -0.1) is 0 Å². The second kappa shape index (κ2) is 8.31. The minimum Gasteiger partial charge on any atom is -0.353 e. The summed E-state index contributed by atoms with van der Waals surface area (Å²) in [6, 6.07) is 38.3. The maximum absolute atomic E-state index is 5.94. The lowest BCUT2D eigenvalue weighted by Crippen LogP contribution is -2.14. The second-order valence-electron chi connectivity index (χ2n) is 6.27. The Morgan fingerprint density at radius 3 is 1.70 bits per heavy atom. The van der Waals surface area contributed by atoms with Crippen LogP contribution in [0.1, 0.15) is 0 Å². The third-order valence-corrected chi connectivity index (χ3v) is 6.56. The zero-order valence-electron chi connectivity index (χ0n) is 15.2. The molecule has 0 N–H and O–H groups in total. The Balaban J connectivity index is 1.73. The quantitative estimate of drug-likeness (QED) is 0.392. The molecule has 0 bridgehead atoms. The van der Waals surface area contributed by atoms with E-state index < -0.39 is 8.15 Å². The van der Waals surface area contributed by atoms with Gasteiger partial charge in [-0.3, -0.25) is 0 Å². The highest BCUT2D eigenvalue weighted by atomic mass is 31.1. The maximum atomic E-state index is 5.94. The normalized spacial score (nSPS) is 11.9. The van der Waals surface area contributed by atoms with Crippen molar-refractivity contribution in [1.29, 1.82) is 0 Å². The molecule has 4 rings (SSSR count). The summed E-state index contributed by atoms with van der Waals surface area (Å²) in [6.07, 6.45) is 0. The van der Waals surface area contributed by atoms with Crippen LogP contribution >= 0.6 is 8.15 Å². The number of hydrogen-bond donors (Lipinski definition) is 0. The third kappa shape index (κ3) is 3.85. The Kier molecular flexibility index (Phi) is 5.44. The van der Waals surface area contributed by atoms with Crippen molar-refractivity contribution >= 4 is 18.8 Å². The van der Waals surface area contributed by atoms with Crippen LogP contribution in [0.5, 0.6) is 0 Å². The molecule has 0 spiro atoms. The summed E-state index contributed by atoms with van der Waals surface area (Å²) in [5.74, 6) is 0. The first-order valence-electron chi connectivity index (χ1n) is 9.01. The molecule has 0 radical (unpaired) electrons. The van der Waals surface area contributed by atoms with E-state index in [-0.39, 0.29) is 0 Å². The van der Waals surface area contributed by atoms with Crippen LogP contribution in [0.2, 0.25) is 0 Å². The lowest BCUT2D eigenvalue weighted by Gasteiger charge is -2.19. The van der Waals surface area contributed by atoms with Gasteiger partial charge < -0.3 is 4.52 Å². The van der Waals surface area contributed by atoms with Crippen LogP contribution in [0.3, 0.4) is 0 Å². The van der Waals surface area contributed by atoms with Gasteiger partial charge >= 0.3 is 0 Å². The number of benzene rings is 4. The Bertz CT molecular complexity index is 995. The molecule has 0 aromatic heterocycles. The van der Waals surface area contributed by atoms with Crippen molar-refractivity contribution in [3.05, 3.63) is 109 Å². The van der Waals surface area contributed by atoms with Gasteiger partial charge in [-0.25, -0.2) is 0 Å². The highest BCUT2D eigenvalue weighted by Gasteiger charge is 2.17. The largest absolute Gasteiger partial charge is 0.353 e. The Morgan fingerprint density at radius 2 is 1.04 bits per heavy atom.